The minimum atomic E-state index is -0.281. The van der Waals surface area contributed by atoms with Crippen LogP contribution in [0.15, 0.2) is 53.0 Å². The Morgan fingerprint density at radius 2 is 1.95 bits per heavy atom. The maximum atomic E-state index is 12.0. The lowest BCUT2D eigenvalue weighted by Gasteiger charge is -2.18. The first kappa shape index (κ1) is 18.5. The van der Waals surface area contributed by atoms with Gasteiger partial charge >= 0.3 is 5.97 Å². The van der Waals surface area contributed by atoms with E-state index in [0.29, 0.717) is 12.2 Å². The van der Waals surface area contributed by atoms with Crippen LogP contribution in [0.1, 0.15) is 35.8 Å². The smallest absolute Gasteiger partial charge is 0.338 e. The summed E-state index contributed by atoms with van der Waals surface area (Å²) < 4.78 is 6.13. The van der Waals surface area contributed by atoms with Crippen LogP contribution in [0.4, 0.5) is 5.69 Å². The van der Waals surface area contributed by atoms with E-state index in [-0.39, 0.29) is 24.4 Å². The SMILES string of the molecule is CCOC(=O)c1ccccc1C(C)Nc1cccc(Br)c1.Cl. The molecule has 2 aromatic rings. The van der Waals surface area contributed by atoms with E-state index >= 15 is 0 Å². The molecule has 1 N–H and O–H groups in total. The van der Waals surface area contributed by atoms with E-state index in [1.807, 2.05) is 56.3 Å². The van der Waals surface area contributed by atoms with Gasteiger partial charge in [0.05, 0.1) is 12.2 Å². The number of hydrogen-bond donors (Lipinski definition) is 1. The van der Waals surface area contributed by atoms with Crippen LogP contribution in [0, 0.1) is 0 Å². The molecule has 0 heterocycles. The van der Waals surface area contributed by atoms with Gasteiger partial charge in [-0.3, -0.25) is 0 Å². The number of rotatable bonds is 5. The lowest BCUT2D eigenvalue weighted by molar-refractivity contribution is 0.0524. The summed E-state index contributed by atoms with van der Waals surface area (Å²) in [4.78, 5) is 12.0. The van der Waals surface area contributed by atoms with Crippen molar-refractivity contribution in [3.8, 4) is 0 Å². The van der Waals surface area contributed by atoms with Gasteiger partial charge in [-0.15, -0.1) is 12.4 Å². The van der Waals surface area contributed by atoms with Crippen molar-refractivity contribution in [2.45, 2.75) is 19.9 Å². The molecule has 0 aromatic heterocycles. The number of benzene rings is 2. The fraction of sp³-hybridized carbons (Fsp3) is 0.235. The van der Waals surface area contributed by atoms with Crippen molar-refractivity contribution in [2.24, 2.45) is 0 Å². The first-order valence-electron chi connectivity index (χ1n) is 6.90. The van der Waals surface area contributed by atoms with Crippen molar-refractivity contribution < 1.29 is 9.53 Å². The Labute approximate surface area is 145 Å². The Morgan fingerprint density at radius 1 is 1.23 bits per heavy atom. The zero-order valence-electron chi connectivity index (χ0n) is 12.5. The first-order valence-corrected chi connectivity index (χ1v) is 7.69. The van der Waals surface area contributed by atoms with Crippen molar-refractivity contribution >= 4 is 40.0 Å². The largest absolute Gasteiger partial charge is 0.462 e. The molecule has 0 aliphatic rings. The molecule has 0 aliphatic heterocycles. The maximum absolute atomic E-state index is 12.0. The fourth-order valence-electron chi connectivity index (χ4n) is 2.18. The Balaban J connectivity index is 0.00000242. The van der Waals surface area contributed by atoms with E-state index in [1.165, 1.54) is 0 Å². The highest BCUT2D eigenvalue weighted by Crippen LogP contribution is 2.24. The highest BCUT2D eigenvalue weighted by molar-refractivity contribution is 9.10. The first-order chi connectivity index (χ1) is 10.1. The summed E-state index contributed by atoms with van der Waals surface area (Å²) in [6.45, 7) is 4.21. The summed E-state index contributed by atoms with van der Waals surface area (Å²) >= 11 is 3.45. The van der Waals surface area contributed by atoms with Crippen LogP contribution >= 0.6 is 28.3 Å². The van der Waals surface area contributed by atoms with Gasteiger partial charge in [-0.25, -0.2) is 4.79 Å². The van der Waals surface area contributed by atoms with E-state index in [9.17, 15) is 4.79 Å². The molecule has 0 bridgehead atoms. The summed E-state index contributed by atoms with van der Waals surface area (Å²) in [7, 11) is 0. The van der Waals surface area contributed by atoms with Gasteiger partial charge in [-0.2, -0.15) is 0 Å². The Bertz CT molecular complexity index is 634. The van der Waals surface area contributed by atoms with Crippen molar-refractivity contribution in [1.29, 1.82) is 0 Å². The molecule has 2 rings (SSSR count). The van der Waals surface area contributed by atoms with Gasteiger partial charge in [0.15, 0.2) is 0 Å². The van der Waals surface area contributed by atoms with Gasteiger partial charge in [0, 0.05) is 16.2 Å². The molecular weight excluding hydrogens is 366 g/mol. The van der Waals surface area contributed by atoms with Crippen molar-refractivity contribution in [2.75, 3.05) is 11.9 Å². The Kier molecular flexibility index (Phi) is 7.42. The molecule has 0 fully saturated rings. The summed E-state index contributed by atoms with van der Waals surface area (Å²) in [5.41, 5.74) is 2.53. The van der Waals surface area contributed by atoms with Crippen molar-refractivity contribution in [3.05, 3.63) is 64.1 Å². The van der Waals surface area contributed by atoms with Gasteiger partial charge in [-0.05, 0) is 43.7 Å². The highest BCUT2D eigenvalue weighted by atomic mass is 79.9. The molecule has 2 aromatic carbocycles. The number of nitrogens with one attached hydrogen (secondary N) is 1. The predicted octanol–water partition coefficient (Wildman–Crippen LogP) is 5.22. The highest BCUT2D eigenvalue weighted by Gasteiger charge is 2.16. The van der Waals surface area contributed by atoms with Gasteiger partial charge < -0.3 is 10.1 Å². The van der Waals surface area contributed by atoms with Crippen molar-refractivity contribution in [3.63, 3.8) is 0 Å². The monoisotopic (exact) mass is 383 g/mol. The second kappa shape index (κ2) is 8.81. The van der Waals surface area contributed by atoms with Gasteiger partial charge in [0.2, 0.25) is 0 Å². The van der Waals surface area contributed by atoms with Crippen LogP contribution in [0.5, 0.6) is 0 Å². The average Bonchev–Trinajstić information content (AvgIpc) is 2.47. The predicted molar refractivity (Wildman–Crippen MR) is 95.8 cm³/mol. The minimum absolute atomic E-state index is 0. The minimum Gasteiger partial charge on any atom is -0.462 e. The fourth-order valence-corrected chi connectivity index (χ4v) is 2.57. The number of carbonyl (C=O) groups excluding carboxylic acids is 1. The third-order valence-corrected chi connectivity index (χ3v) is 3.62. The second-order valence-corrected chi connectivity index (χ2v) is 5.60. The van der Waals surface area contributed by atoms with Crippen LogP contribution in [0.3, 0.4) is 0 Å². The third kappa shape index (κ3) is 4.75. The van der Waals surface area contributed by atoms with Crippen LogP contribution in [0.2, 0.25) is 0 Å². The zero-order chi connectivity index (χ0) is 15.2. The lowest BCUT2D eigenvalue weighted by Crippen LogP contribution is -2.14. The summed E-state index contributed by atoms with van der Waals surface area (Å²) in [5, 5.41) is 3.40. The maximum Gasteiger partial charge on any atom is 0.338 e. The molecule has 5 heteroatoms. The molecule has 0 aliphatic carbocycles. The summed E-state index contributed by atoms with van der Waals surface area (Å²) in [6, 6.07) is 15.5. The molecule has 118 valence electrons. The molecule has 0 amide bonds. The molecule has 0 radical (unpaired) electrons. The van der Waals surface area contributed by atoms with E-state index < -0.39 is 0 Å². The van der Waals surface area contributed by atoms with Crippen LogP contribution in [-0.4, -0.2) is 12.6 Å². The molecule has 0 spiro atoms. The van der Waals surface area contributed by atoms with E-state index in [1.54, 1.807) is 6.07 Å². The molecule has 0 saturated carbocycles. The Hall–Kier alpha value is -1.52. The molecular formula is C17H19BrClNO2. The number of carbonyl (C=O) groups is 1. The van der Waals surface area contributed by atoms with Gasteiger partial charge in [-0.1, -0.05) is 40.2 Å². The van der Waals surface area contributed by atoms with Crippen molar-refractivity contribution in [1.82, 2.24) is 0 Å². The molecule has 1 unspecified atom stereocenters. The van der Waals surface area contributed by atoms with Gasteiger partial charge in [0.25, 0.3) is 0 Å². The number of ether oxygens (including phenoxy) is 1. The quantitative estimate of drug-likeness (QED) is 0.718. The number of hydrogen-bond acceptors (Lipinski definition) is 3. The van der Waals surface area contributed by atoms with Crippen LogP contribution in [-0.2, 0) is 4.74 Å². The molecule has 1 atom stereocenters. The number of halogens is 2. The van der Waals surface area contributed by atoms with Crippen LogP contribution < -0.4 is 5.32 Å². The van der Waals surface area contributed by atoms with E-state index in [4.69, 9.17) is 4.74 Å². The topological polar surface area (TPSA) is 38.3 Å². The summed E-state index contributed by atoms with van der Waals surface area (Å²) in [6.07, 6.45) is 0. The average molecular weight is 385 g/mol. The number of anilines is 1. The molecule has 0 saturated heterocycles. The van der Waals surface area contributed by atoms with Gasteiger partial charge in [0.1, 0.15) is 0 Å². The summed E-state index contributed by atoms with van der Waals surface area (Å²) in [5.74, 6) is -0.281. The third-order valence-electron chi connectivity index (χ3n) is 3.13. The zero-order valence-corrected chi connectivity index (χ0v) is 14.9. The molecule has 3 nitrogen and oxygen atoms in total. The Morgan fingerprint density at radius 3 is 2.64 bits per heavy atom. The second-order valence-electron chi connectivity index (χ2n) is 4.68. The van der Waals surface area contributed by atoms with E-state index in [2.05, 4.69) is 21.2 Å². The standard InChI is InChI=1S/C17H18BrNO2.ClH/c1-3-21-17(20)16-10-5-4-9-15(16)12(2)19-14-8-6-7-13(18)11-14;/h4-12,19H,3H2,1-2H3;1H. The van der Waals surface area contributed by atoms with Crippen LogP contribution in [0.25, 0.3) is 0 Å². The lowest BCUT2D eigenvalue weighted by atomic mass is 10.0. The normalized spacial score (nSPS) is 11.2. The molecule has 22 heavy (non-hydrogen) atoms. The van der Waals surface area contributed by atoms with E-state index in [0.717, 1.165) is 15.7 Å². The number of esters is 1.